The lowest BCUT2D eigenvalue weighted by Gasteiger charge is -1.87. The summed E-state index contributed by atoms with van der Waals surface area (Å²) in [6.45, 7) is 2.01. The van der Waals surface area contributed by atoms with Crippen LogP contribution in [0.3, 0.4) is 0 Å². The summed E-state index contributed by atoms with van der Waals surface area (Å²) in [6, 6.07) is 0. The van der Waals surface area contributed by atoms with Gasteiger partial charge in [0.1, 0.15) is 18.5 Å². The second kappa shape index (κ2) is 5.82. The molecule has 5 heteroatoms. The van der Waals surface area contributed by atoms with Gasteiger partial charge in [0.05, 0.1) is 6.33 Å². The maximum absolute atomic E-state index is 3.88. The highest BCUT2D eigenvalue weighted by Gasteiger charge is 1.84. The van der Waals surface area contributed by atoms with E-state index in [-0.39, 0.29) is 0 Å². The van der Waals surface area contributed by atoms with Crippen molar-refractivity contribution in [1.82, 2.24) is 24.9 Å². The summed E-state index contributed by atoms with van der Waals surface area (Å²) < 4.78 is 0. The fraction of sp³-hybridized carbons (Fsp3) is 0.250. The molecule has 2 aromatic heterocycles. The van der Waals surface area contributed by atoms with Gasteiger partial charge in [0, 0.05) is 18.8 Å². The SMILES string of the molecule is CCc1ncncn1.c1c[nH]cn1. The van der Waals surface area contributed by atoms with Crippen LogP contribution in [0.5, 0.6) is 0 Å². The number of hydrogen-bond acceptors (Lipinski definition) is 4. The largest absolute Gasteiger partial charge is 0.351 e. The van der Waals surface area contributed by atoms with Gasteiger partial charge in [-0.2, -0.15) is 0 Å². The zero-order chi connectivity index (χ0) is 9.36. The fourth-order valence-electron chi connectivity index (χ4n) is 0.661. The first-order chi connectivity index (χ1) is 6.43. The molecule has 0 amide bonds. The minimum atomic E-state index is 0.847. The van der Waals surface area contributed by atoms with E-state index in [4.69, 9.17) is 0 Å². The quantitative estimate of drug-likeness (QED) is 0.701. The Hall–Kier alpha value is -1.78. The zero-order valence-corrected chi connectivity index (χ0v) is 7.38. The molecule has 0 aliphatic rings. The molecule has 5 nitrogen and oxygen atoms in total. The first kappa shape index (κ1) is 9.31. The molecule has 1 N–H and O–H groups in total. The maximum Gasteiger partial charge on any atom is 0.131 e. The standard InChI is InChI=1S/C5H7N3.C3H4N2/c1-2-5-7-3-6-4-8-5;1-2-5-3-4-1/h3-4H,2H2,1H3;1-3H,(H,4,5). The van der Waals surface area contributed by atoms with Gasteiger partial charge >= 0.3 is 0 Å². The summed E-state index contributed by atoms with van der Waals surface area (Å²) >= 11 is 0. The number of nitrogens with one attached hydrogen (secondary N) is 1. The van der Waals surface area contributed by atoms with Crippen LogP contribution in [0.2, 0.25) is 0 Å². The molecule has 0 atom stereocenters. The second-order valence-corrected chi connectivity index (χ2v) is 2.17. The zero-order valence-electron chi connectivity index (χ0n) is 7.38. The van der Waals surface area contributed by atoms with Crippen molar-refractivity contribution in [2.45, 2.75) is 13.3 Å². The van der Waals surface area contributed by atoms with Crippen molar-refractivity contribution in [2.24, 2.45) is 0 Å². The molecule has 0 aliphatic heterocycles. The average Bonchev–Trinajstić information content (AvgIpc) is 2.77. The normalized spacial score (nSPS) is 8.69. The van der Waals surface area contributed by atoms with Gasteiger partial charge in [-0.25, -0.2) is 19.9 Å². The Kier molecular flexibility index (Phi) is 4.17. The van der Waals surface area contributed by atoms with Crippen molar-refractivity contribution >= 4 is 0 Å². The predicted molar refractivity (Wildman–Crippen MR) is 47.8 cm³/mol. The van der Waals surface area contributed by atoms with E-state index in [1.54, 1.807) is 18.7 Å². The molecule has 0 radical (unpaired) electrons. The van der Waals surface area contributed by atoms with E-state index in [0.29, 0.717) is 0 Å². The van der Waals surface area contributed by atoms with Crippen LogP contribution >= 0.6 is 0 Å². The average molecular weight is 177 g/mol. The van der Waals surface area contributed by atoms with Crippen molar-refractivity contribution in [3.05, 3.63) is 37.2 Å². The highest BCUT2D eigenvalue weighted by molar-refractivity contribution is 4.78. The molecule has 0 aliphatic carbocycles. The molecule has 0 spiro atoms. The lowest BCUT2D eigenvalue weighted by molar-refractivity contribution is 0.896. The van der Waals surface area contributed by atoms with Crippen molar-refractivity contribution in [3.8, 4) is 0 Å². The van der Waals surface area contributed by atoms with Crippen LogP contribution in [0.15, 0.2) is 31.4 Å². The molecule has 0 saturated carbocycles. The van der Waals surface area contributed by atoms with Crippen molar-refractivity contribution in [2.75, 3.05) is 0 Å². The van der Waals surface area contributed by atoms with Crippen molar-refractivity contribution in [1.29, 1.82) is 0 Å². The van der Waals surface area contributed by atoms with E-state index in [1.165, 1.54) is 12.7 Å². The van der Waals surface area contributed by atoms with E-state index < -0.39 is 0 Å². The van der Waals surface area contributed by atoms with E-state index in [1.807, 2.05) is 6.92 Å². The van der Waals surface area contributed by atoms with E-state index in [0.717, 1.165) is 12.2 Å². The molecule has 68 valence electrons. The van der Waals surface area contributed by atoms with Crippen LogP contribution < -0.4 is 0 Å². The van der Waals surface area contributed by atoms with Gasteiger partial charge in [-0.1, -0.05) is 6.92 Å². The van der Waals surface area contributed by atoms with Crippen molar-refractivity contribution in [3.63, 3.8) is 0 Å². The van der Waals surface area contributed by atoms with Gasteiger partial charge in [0.25, 0.3) is 0 Å². The Morgan fingerprint density at radius 3 is 2.31 bits per heavy atom. The van der Waals surface area contributed by atoms with Crippen LogP contribution in [-0.2, 0) is 6.42 Å². The summed E-state index contributed by atoms with van der Waals surface area (Å²) in [4.78, 5) is 17.8. The Morgan fingerprint density at radius 2 is 2.00 bits per heavy atom. The van der Waals surface area contributed by atoms with Crippen LogP contribution in [0.4, 0.5) is 0 Å². The molecule has 0 aromatic carbocycles. The molecule has 2 aromatic rings. The summed E-state index contributed by atoms with van der Waals surface area (Å²) in [5.41, 5.74) is 0. The smallest absolute Gasteiger partial charge is 0.131 e. The number of nitrogens with zero attached hydrogens (tertiary/aromatic N) is 4. The molecule has 0 saturated heterocycles. The lowest BCUT2D eigenvalue weighted by atomic mass is 10.5. The predicted octanol–water partition coefficient (Wildman–Crippen LogP) is 0.844. The maximum atomic E-state index is 3.88. The first-order valence-corrected chi connectivity index (χ1v) is 3.97. The topological polar surface area (TPSA) is 67.3 Å². The number of aryl methyl sites for hydroxylation is 1. The number of aromatic nitrogens is 5. The third kappa shape index (κ3) is 3.95. The third-order valence-corrected chi connectivity index (χ3v) is 1.27. The Morgan fingerprint density at radius 1 is 1.23 bits per heavy atom. The van der Waals surface area contributed by atoms with Gasteiger partial charge < -0.3 is 4.98 Å². The van der Waals surface area contributed by atoms with Gasteiger partial charge in [-0.3, -0.25) is 0 Å². The van der Waals surface area contributed by atoms with Crippen LogP contribution in [0.1, 0.15) is 12.7 Å². The Bertz CT molecular complexity index is 274. The van der Waals surface area contributed by atoms with Crippen LogP contribution in [-0.4, -0.2) is 24.9 Å². The van der Waals surface area contributed by atoms with Gasteiger partial charge in [-0.05, 0) is 0 Å². The summed E-state index contributed by atoms with van der Waals surface area (Å²) in [7, 11) is 0. The molecule has 13 heavy (non-hydrogen) atoms. The van der Waals surface area contributed by atoms with Gasteiger partial charge in [-0.15, -0.1) is 0 Å². The molecule has 0 fully saturated rings. The highest BCUT2D eigenvalue weighted by Crippen LogP contribution is 1.82. The molecule has 2 rings (SSSR count). The summed E-state index contributed by atoms with van der Waals surface area (Å²) in [5.74, 6) is 0.847. The Balaban J connectivity index is 0.000000145. The molecule has 0 bridgehead atoms. The number of H-pyrrole nitrogens is 1. The molecule has 2 heterocycles. The Labute approximate surface area is 76.3 Å². The van der Waals surface area contributed by atoms with Crippen molar-refractivity contribution < 1.29 is 0 Å². The van der Waals surface area contributed by atoms with E-state index in [2.05, 4.69) is 24.9 Å². The first-order valence-electron chi connectivity index (χ1n) is 3.97. The fourth-order valence-corrected chi connectivity index (χ4v) is 0.661. The molecular formula is C8H11N5. The lowest BCUT2D eigenvalue weighted by Crippen LogP contribution is -1.90. The van der Waals surface area contributed by atoms with Crippen LogP contribution in [0.25, 0.3) is 0 Å². The third-order valence-electron chi connectivity index (χ3n) is 1.27. The van der Waals surface area contributed by atoms with E-state index >= 15 is 0 Å². The molecule has 0 unspecified atom stereocenters. The highest BCUT2D eigenvalue weighted by atomic mass is 15.0. The number of imidazole rings is 1. The van der Waals surface area contributed by atoms with Gasteiger partial charge in [0.15, 0.2) is 0 Å². The summed E-state index contributed by atoms with van der Waals surface area (Å²) in [6.07, 6.45) is 8.97. The number of rotatable bonds is 1. The van der Waals surface area contributed by atoms with Gasteiger partial charge in [0.2, 0.25) is 0 Å². The number of hydrogen-bond donors (Lipinski definition) is 1. The van der Waals surface area contributed by atoms with Crippen LogP contribution in [0, 0.1) is 0 Å². The molecular weight excluding hydrogens is 166 g/mol. The summed E-state index contributed by atoms with van der Waals surface area (Å²) in [5, 5.41) is 0. The monoisotopic (exact) mass is 177 g/mol. The number of aromatic amines is 1. The minimum Gasteiger partial charge on any atom is -0.351 e. The second-order valence-electron chi connectivity index (χ2n) is 2.17. The minimum absolute atomic E-state index is 0.847. The van der Waals surface area contributed by atoms with E-state index in [9.17, 15) is 0 Å².